The van der Waals surface area contributed by atoms with Crippen LogP contribution in [-0.4, -0.2) is 12.2 Å². The predicted molar refractivity (Wildman–Crippen MR) is 101 cm³/mol. The Balaban J connectivity index is 0.00000100. The Morgan fingerprint density at radius 3 is 2.50 bits per heavy atom. The lowest BCUT2D eigenvalue weighted by Gasteiger charge is -2.36. The zero-order valence-electron chi connectivity index (χ0n) is 15.8. The highest BCUT2D eigenvalue weighted by atomic mass is 16.5. The number of hydrogen-bond donors (Lipinski definition) is 1. The van der Waals surface area contributed by atoms with Crippen molar-refractivity contribution in [1.82, 2.24) is 0 Å². The van der Waals surface area contributed by atoms with Gasteiger partial charge in [-0.2, -0.15) is 0 Å². The molecule has 0 amide bonds. The molecule has 0 saturated heterocycles. The maximum atomic E-state index is 10.8. The van der Waals surface area contributed by atoms with Gasteiger partial charge in [0.05, 0.1) is 12.7 Å². The van der Waals surface area contributed by atoms with Crippen LogP contribution in [0.5, 0.6) is 0 Å². The lowest BCUT2D eigenvalue weighted by atomic mass is 9.71. The third-order valence-electron chi connectivity index (χ3n) is 5.54. The summed E-state index contributed by atoms with van der Waals surface area (Å²) in [7, 11) is 1.71. The Labute approximate surface area is 147 Å². The highest BCUT2D eigenvalue weighted by Crippen LogP contribution is 2.44. The molecule has 1 N–H and O–H groups in total. The first-order chi connectivity index (χ1) is 11.7. The number of allylic oxidation sites excluding steroid dienone is 2. The van der Waals surface area contributed by atoms with Crippen LogP contribution >= 0.6 is 0 Å². The van der Waals surface area contributed by atoms with Crippen LogP contribution in [0, 0.1) is 11.8 Å². The summed E-state index contributed by atoms with van der Waals surface area (Å²) >= 11 is 0. The van der Waals surface area contributed by atoms with Crippen LogP contribution in [0.4, 0.5) is 0 Å². The Kier molecular flexibility index (Phi) is 7.51. The molecule has 3 rings (SSSR count). The van der Waals surface area contributed by atoms with Gasteiger partial charge in [-0.15, -0.1) is 0 Å². The molecule has 0 heterocycles. The quantitative estimate of drug-likeness (QED) is 0.706. The van der Waals surface area contributed by atoms with E-state index in [9.17, 15) is 5.11 Å². The third-order valence-corrected chi connectivity index (χ3v) is 5.54. The highest BCUT2D eigenvalue weighted by molar-refractivity contribution is 5.27. The number of benzene rings is 1. The van der Waals surface area contributed by atoms with E-state index in [2.05, 4.69) is 31.2 Å². The molecule has 1 aromatic carbocycles. The minimum Gasteiger partial charge on any atom is -0.388 e. The Bertz CT molecular complexity index is 529. The summed E-state index contributed by atoms with van der Waals surface area (Å²) in [6.07, 6.45) is 7.07. The molecule has 2 aliphatic rings. The van der Waals surface area contributed by atoms with Gasteiger partial charge in [0, 0.05) is 7.11 Å². The Morgan fingerprint density at radius 2 is 1.83 bits per heavy atom. The summed E-state index contributed by atoms with van der Waals surface area (Å²) < 4.78 is 5.15. The van der Waals surface area contributed by atoms with Crippen LogP contribution in [0.2, 0.25) is 0 Å². The number of ether oxygens (including phenoxy) is 1. The standard InChI is InChI=1S/C20H28O2.C2H6/c1-14-4-3-5-16-10-11-18(12-19(14)16)20(21)17-8-6-15(7-9-17)13-22-2;1-2/h6-9,14,18,20-21H,3-5,10-13H2,1-2H3;1-2H3. The minimum atomic E-state index is -0.334. The number of rotatable bonds is 4. The molecule has 2 nitrogen and oxygen atoms in total. The summed E-state index contributed by atoms with van der Waals surface area (Å²) in [6.45, 7) is 7.00. The van der Waals surface area contributed by atoms with Crippen molar-refractivity contribution < 1.29 is 9.84 Å². The van der Waals surface area contributed by atoms with E-state index in [1.807, 2.05) is 13.8 Å². The van der Waals surface area contributed by atoms with E-state index < -0.39 is 0 Å². The second-order valence-electron chi connectivity index (χ2n) is 7.04. The normalized spacial score (nSPS) is 24.7. The molecule has 0 spiro atoms. The number of aliphatic hydroxyl groups excluding tert-OH is 1. The Hall–Kier alpha value is -1.12. The molecule has 0 fully saturated rings. The van der Waals surface area contributed by atoms with Gasteiger partial charge < -0.3 is 9.84 Å². The maximum absolute atomic E-state index is 10.8. The van der Waals surface area contributed by atoms with E-state index in [1.165, 1.54) is 25.7 Å². The van der Waals surface area contributed by atoms with Gasteiger partial charge in [0.25, 0.3) is 0 Å². The number of aliphatic hydroxyl groups is 1. The Morgan fingerprint density at radius 1 is 1.12 bits per heavy atom. The lowest BCUT2D eigenvalue weighted by Crippen LogP contribution is -2.22. The fourth-order valence-corrected chi connectivity index (χ4v) is 4.20. The van der Waals surface area contributed by atoms with Crippen LogP contribution in [0.25, 0.3) is 0 Å². The molecule has 0 radical (unpaired) electrons. The van der Waals surface area contributed by atoms with Crippen molar-refractivity contribution in [2.24, 2.45) is 11.8 Å². The van der Waals surface area contributed by atoms with Crippen molar-refractivity contribution in [3.63, 3.8) is 0 Å². The maximum Gasteiger partial charge on any atom is 0.0821 e. The van der Waals surface area contributed by atoms with Gasteiger partial charge in [-0.25, -0.2) is 0 Å². The van der Waals surface area contributed by atoms with Crippen LogP contribution in [-0.2, 0) is 11.3 Å². The molecule has 0 bridgehead atoms. The molecule has 0 aromatic heterocycles. The summed E-state index contributed by atoms with van der Waals surface area (Å²) in [5.74, 6) is 1.11. The third kappa shape index (κ3) is 4.49. The van der Waals surface area contributed by atoms with E-state index in [4.69, 9.17) is 4.74 Å². The van der Waals surface area contributed by atoms with Crippen molar-refractivity contribution in [3.8, 4) is 0 Å². The van der Waals surface area contributed by atoms with E-state index in [0.29, 0.717) is 12.5 Å². The first-order valence-electron chi connectivity index (χ1n) is 9.65. The topological polar surface area (TPSA) is 29.5 Å². The van der Waals surface area contributed by atoms with E-state index in [1.54, 1.807) is 18.3 Å². The first-order valence-corrected chi connectivity index (χ1v) is 9.65. The monoisotopic (exact) mass is 330 g/mol. The zero-order chi connectivity index (χ0) is 17.5. The van der Waals surface area contributed by atoms with Gasteiger partial charge in [-0.1, -0.05) is 56.2 Å². The molecule has 3 atom stereocenters. The molecular formula is C22H34O2. The second-order valence-corrected chi connectivity index (χ2v) is 7.04. The summed E-state index contributed by atoms with van der Waals surface area (Å²) in [5, 5.41) is 10.8. The molecule has 2 heteroatoms. The van der Waals surface area contributed by atoms with E-state index in [-0.39, 0.29) is 6.10 Å². The van der Waals surface area contributed by atoms with Crippen LogP contribution < -0.4 is 0 Å². The predicted octanol–water partition coefficient (Wildman–Crippen LogP) is 5.81. The number of hydrogen-bond acceptors (Lipinski definition) is 2. The van der Waals surface area contributed by atoms with Crippen LogP contribution in [0.15, 0.2) is 35.4 Å². The van der Waals surface area contributed by atoms with E-state index in [0.717, 1.165) is 29.9 Å². The van der Waals surface area contributed by atoms with Crippen molar-refractivity contribution in [2.75, 3.05) is 7.11 Å². The van der Waals surface area contributed by atoms with Crippen LogP contribution in [0.1, 0.15) is 76.5 Å². The average molecular weight is 331 g/mol. The van der Waals surface area contributed by atoms with Crippen LogP contribution in [0.3, 0.4) is 0 Å². The fourth-order valence-electron chi connectivity index (χ4n) is 4.20. The van der Waals surface area contributed by atoms with Crippen molar-refractivity contribution in [2.45, 2.75) is 72.0 Å². The van der Waals surface area contributed by atoms with Crippen molar-refractivity contribution in [1.29, 1.82) is 0 Å². The van der Waals surface area contributed by atoms with Crippen molar-refractivity contribution in [3.05, 3.63) is 46.5 Å². The van der Waals surface area contributed by atoms with Gasteiger partial charge in [0.15, 0.2) is 0 Å². The zero-order valence-corrected chi connectivity index (χ0v) is 15.8. The summed E-state index contributed by atoms with van der Waals surface area (Å²) in [4.78, 5) is 0. The summed E-state index contributed by atoms with van der Waals surface area (Å²) in [5.41, 5.74) is 5.58. The first kappa shape index (κ1) is 19.2. The highest BCUT2D eigenvalue weighted by Gasteiger charge is 2.30. The lowest BCUT2D eigenvalue weighted by molar-refractivity contribution is 0.0962. The molecule has 1 aromatic rings. The number of methoxy groups -OCH3 is 1. The minimum absolute atomic E-state index is 0.334. The fraction of sp³-hybridized carbons (Fsp3) is 0.636. The second kappa shape index (κ2) is 9.39. The van der Waals surface area contributed by atoms with Gasteiger partial charge in [-0.3, -0.25) is 0 Å². The van der Waals surface area contributed by atoms with Gasteiger partial charge in [0.2, 0.25) is 0 Å². The van der Waals surface area contributed by atoms with Crippen molar-refractivity contribution >= 4 is 0 Å². The molecule has 24 heavy (non-hydrogen) atoms. The molecular weight excluding hydrogens is 296 g/mol. The summed E-state index contributed by atoms with van der Waals surface area (Å²) in [6, 6.07) is 8.26. The van der Waals surface area contributed by atoms with E-state index >= 15 is 0 Å². The molecule has 134 valence electrons. The molecule has 0 saturated carbocycles. The SMILES string of the molecule is CC.COCc1ccc(C(O)C2CCC3=C(C2)C(C)CCC3)cc1. The van der Waals surface area contributed by atoms with Gasteiger partial charge >= 0.3 is 0 Å². The largest absolute Gasteiger partial charge is 0.388 e. The molecule has 2 aliphatic carbocycles. The molecule has 0 aliphatic heterocycles. The molecule has 3 unspecified atom stereocenters. The van der Waals surface area contributed by atoms with Gasteiger partial charge in [0.1, 0.15) is 0 Å². The van der Waals surface area contributed by atoms with Gasteiger partial charge in [-0.05, 0) is 61.5 Å². The smallest absolute Gasteiger partial charge is 0.0821 e. The average Bonchev–Trinajstić information content (AvgIpc) is 2.64.